The normalized spacial score (nSPS) is 32.8. The van der Waals surface area contributed by atoms with Gasteiger partial charge in [-0.2, -0.15) is 0 Å². The Labute approximate surface area is 150 Å². The Morgan fingerprint density at radius 3 is 1.96 bits per heavy atom. The summed E-state index contributed by atoms with van der Waals surface area (Å²) in [5.74, 6) is -0.0924. The van der Waals surface area contributed by atoms with Crippen LogP contribution in [0.4, 0.5) is 5.69 Å². The van der Waals surface area contributed by atoms with Gasteiger partial charge in [-0.05, 0) is 73.8 Å². The Balaban J connectivity index is 1.55. The van der Waals surface area contributed by atoms with Crippen LogP contribution >= 0.6 is 0 Å². The number of carboxylic acids is 1. The first-order valence-corrected chi connectivity index (χ1v) is 9.12. The Hall–Kier alpha value is -2.44. The maximum Gasteiger partial charge on any atom is 0.269 e. The molecule has 0 spiro atoms. The molecule has 4 bridgehead atoms. The number of nitrogens with one attached hydrogen (secondary N) is 1. The van der Waals surface area contributed by atoms with Crippen molar-refractivity contribution in [3.63, 3.8) is 0 Å². The van der Waals surface area contributed by atoms with Crippen LogP contribution in [0.15, 0.2) is 24.3 Å². The van der Waals surface area contributed by atoms with Gasteiger partial charge in [0.15, 0.2) is 0 Å². The molecule has 4 aliphatic rings. The van der Waals surface area contributed by atoms with E-state index in [0.29, 0.717) is 17.8 Å². The minimum Gasteiger partial charge on any atom is -0.548 e. The second kappa shape index (κ2) is 6.07. The first-order valence-electron chi connectivity index (χ1n) is 9.12. The highest BCUT2D eigenvalue weighted by molar-refractivity contribution is 5.96. The molecular weight excluding hydrogens is 336 g/mol. The van der Waals surface area contributed by atoms with E-state index in [4.69, 9.17) is 0 Å². The third-order valence-corrected chi connectivity index (χ3v) is 6.55. The van der Waals surface area contributed by atoms with Gasteiger partial charge in [-0.15, -0.1) is 0 Å². The van der Waals surface area contributed by atoms with Gasteiger partial charge < -0.3 is 15.2 Å². The van der Waals surface area contributed by atoms with Gasteiger partial charge in [0.25, 0.3) is 11.6 Å². The maximum atomic E-state index is 12.6. The molecule has 138 valence electrons. The number of amides is 1. The quantitative estimate of drug-likeness (QED) is 0.636. The number of carbonyl (C=O) groups is 2. The SMILES string of the molecule is O=C(N[C@H](C(=O)[O-])C12CC3CC(CC(C3)C1)C2)c1ccc([N+](=O)[O-])cc1. The number of carboxylic acid groups (broad SMARTS) is 1. The van der Waals surface area contributed by atoms with Crippen molar-refractivity contribution in [3.05, 3.63) is 39.9 Å². The lowest BCUT2D eigenvalue weighted by molar-refractivity contribution is -0.384. The molecule has 0 unspecified atom stereocenters. The van der Waals surface area contributed by atoms with Crippen LogP contribution in [0.1, 0.15) is 48.9 Å². The molecule has 0 heterocycles. The molecule has 5 rings (SSSR count). The molecular formula is C19H21N2O5-. The predicted octanol–water partition coefficient (Wildman–Crippen LogP) is 1.66. The van der Waals surface area contributed by atoms with Gasteiger partial charge in [0.2, 0.25) is 0 Å². The molecule has 1 aromatic carbocycles. The summed E-state index contributed by atoms with van der Waals surface area (Å²) in [5, 5.41) is 25.3. The highest BCUT2D eigenvalue weighted by Crippen LogP contribution is 2.61. The van der Waals surface area contributed by atoms with Crippen LogP contribution < -0.4 is 10.4 Å². The summed E-state index contributed by atoms with van der Waals surface area (Å²) in [6.07, 6.45) is 6.02. The number of rotatable bonds is 5. The van der Waals surface area contributed by atoms with Crippen LogP contribution in [0.2, 0.25) is 0 Å². The van der Waals surface area contributed by atoms with Crippen molar-refractivity contribution in [1.82, 2.24) is 5.32 Å². The van der Waals surface area contributed by atoms with E-state index in [9.17, 15) is 24.8 Å². The number of hydrogen-bond donors (Lipinski definition) is 1. The van der Waals surface area contributed by atoms with Crippen molar-refractivity contribution < 1.29 is 19.6 Å². The third kappa shape index (κ3) is 2.85. The zero-order valence-corrected chi connectivity index (χ0v) is 14.3. The van der Waals surface area contributed by atoms with Crippen molar-refractivity contribution in [1.29, 1.82) is 0 Å². The molecule has 0 aliphatic heterocycles. The van der Waals surface area contributed by atoms with Crippen molar-refractivity contribution in [2.45, 2.75) is 44.6 Å². The summed E-state index contributed by atoms with van der Waals surface area (Å²) in [6.45, 7) is 0. The first-order chi connectivity index (χ1) is 12.4. The second-order valence-corrected chi connectivity index (χ2v) is 8.31. The topological polar surface area (TPSA) is 112 Å². The molecule has 0 aromatic heterocycles. The molecule has 0 saturated heterocycles. The van der Waals surface area contributed by atoms with Crippen molar-refractivity contribution in [2.24, 2.45) is 23.2 Å². The molecule has 4 aliphatic carbocycles. The summed E-state index contributed by atoms with van der Waals surface area (Å²) < 4.78 is 0. The maximum absolute atomic E-state index is 12.6. The largest absolute Gasteiger partial charge is 0.548 e. The van der Waals surface area contributed by atoms with Gasteiger partial charge in [-0.3, -0.25) is 14.9 Å². The lowest BCUT2D eigenvalue weighted by Gasteiger charge is -2.59. The minimum absolute atomic E-state index is 0.112. The van der Waals surface area contributed by atoms with E-state index in [1.807, 2.05) is 0 Å². The molecule has 0 radical (unpaired) electrons. The van der Waals surface area contributed by atoms with Gasteiger partial charge in [-0.1, -0.05) is 0 Å². The predicted molar refractivity (Wildman–Crippen MR) is 90.0 cm³/mol. The molecule has 7 nitrogen and oxygen atoms in total. The molecule has 7 heteroatoms. The van der Waals surface area contributed by atoms with Crippen LogP contribution in [-0.4, -0.2) is 22.8 Å². The molecule has 4 saturated carbocycles. The first kappa shape index (κ1) is 17.0. The van der Waals surface area contributed by atoms with E-state index in [1.165, 1.54) is 43.5 Å². The summed E-state index contributed by atoms with van der Waals surface area (Å²) in [6, 6.07) is 4.17. The fourth-order valence-electron chi connectivity index (χ4n) is 5.94. The number of nitro groups is 1. The van der Waals surface area contributed by atoms with Gasteiger partial charge in [0, 0.05) is 17.7 Å². The zero-order valence-electron chi connectivity index (χ0n) is 14.3. The fraction of sp³-hybridized carbons (Fsp3) is 0.579. The fourth-order valence-corrected chi connectivity index (χ4v) is 5.94. The lowest BCUT2D eigenvalue weighted by Crippen LogP contribution is -2.62. The Bertz CT molecular complexity index is 722. The smallest absolute Gasteiger partial charge is 0.269 e. The summed E-state index contributed by atoms with van der Waals surface area (Å²) in [5.41, 5.74) is -0.310. The number of non-ortho nitro benzene ring substituents is 1. The van der Waals surface area contributed by atoms with Crippen molar-refractivity contribution in [2.75, 3.05) is 0 Å². The highest BCUT2D eigenvalue weighted by atomic mass is 16.6. The summed E-state index contributed by atoms with van der Waals surface area (Å²) in [4.78, 5) is 34.7. The van der Waals surface area contributed by atoms with Gasteiger partial charge >= 0.3 is 0 Å². The highest BCUT2D eigenvalue weighted by Gasteiger charge is 2.54. The summed E-state index contributed by atoms with van der Waals surface area (Å²) in [7, 11) is 0. The minimum atomic E-state index is -1.23. The van der Waals surface area contributed by atoms with E-state index in [-0.39, 0.29) is 11.3 Å². The molecule has 1 aromatic rings. The van der Waals surface area contributed by atoms with Crippen LogP contribution in [-0.2, 0) is 4.79 Å². The molecule has 1 N–H and O–H groups in total. The number of nitro benzene ring substituents is 1. The summed E-state index contributed by atoms with van der Waals surface area (Å²) >= 11 is 0. The van der Waals surface area contributed by atoms with Crippen molar-refractivity contribution in [3.8, 4) is 0 Å². The van der Waals surface area contributed by atoms with Gasteiger partial charge in [0.05, 0.1) is 16.9 Å². The van der Waals surface area contributed by atoms with Crippen molar-refractivity contribution >= 4 is 17.6 Å². The van der Waals surface area contributed by atoms with Gasteiger partial charge in [0.1, 0.15) is 0 Å². The monoisotopic (exact) mass is 357 g/mol. The van der Waals surface area contributed by atoms with E-state index in [2.05, 4.69) is 5.32 Å². The van der Waals surface area contributed by atoms with Gasteiger partial charge in [-0.25, -0.2) is 0 Å². The number of benzene rings is 1. The number of carbonyl (C=O) groups excluding carboxylic acids is 2. The Morgan fingerprint density at radius 2 is 1.54 bits per heavy atom. The molecule has 1 amide bonds. The van der Waals surface area contributed by atoms with E-state index >= 15 is 0 Å². The average molecular weight is 357 g/mol. The molecule has 1 atom stereocenters. The Kier molecular flexibility index (Phi) is 3.97. The lowest BCUT2D eigenvalue weighted by atomic mass is 9.47. The van der Waals surface area contributed by atoms with Crippen LogP contribution in [0.3, 0.4) is 0 Å². The number of hydrogen-bond acceptors (Lipinski definition) is 5. The molecule has 26 heavy (non-hydrogen) atoms. The molecule has 4 fully saturated rings. The van der Waals surface area contributed by atoms with E-state index in [0.717, 1.165) is 19.3 Å². The van der Waals surface area contributed by atoms with Crippen LogP contribution in [0, 0.1) is 33.3 Å². The van der Waals surface area contributed by atoms with Crippen LogP contribution in [0.5, 0.6) is 0 Å². The van der Waals surface area contributed by atoms with E-state index < -0.39 is 28.3 Å². The standard InChI is InChI=1S/C19H22N2O5/c22-17(14-1-3-15(4-2-14)21(25)26)20-16(18(23)24)19-8-11-5-12(9-19)7-13(6-11)10-19/h1-4,11-13,16H,5-10H2,(H,20,22)(H,23,24)/p-1/t11?,12?,13?,16-,19?/m1/s1. The number of nitrogens with zero attached hydrogens (tertiary/aromatic N) is 1. The zero-order chi connectivity index (χ0) is 18.5. The average Bonchev–Trinajstić information content (AvgIpc) is 2.58. The third-order valence-electron chi connectivity index (χ3n) is 6.55. The Morgan fingerprint density at radius 1 is 1.04 bits per heavy atom. The second-order valence-electron chi connectivity index (χ2n) is 8.31. The number of aliphatic carboxylic acids is 1. The van der Waals surface area contributed by atoms with Crippen LogP contribution in [0.25, 0.3) is 0 Å². The van der Waals surface area contributed by atoms with E-state index in [1.54, 1.807) is 0 Å².